The molecule has 1 unspecified atom stereocenters. The Hall–Kier alpha value is 0.150. The average Bonchev–Trinajstić information content (AvgIpc) is 2.34. The number of unbranched alkanes of at least 4 members (excludes halogenated alkanes) is 12. The predicted molar refractivity (Wildman–Crippen MR) is 84.6 cm³/mol. The van der Waals surface area contributed by atoms with Crippen LogP contribution in [0.5, 0.6) is 0 Å². The molecule has 0 saturated heterocycles. The van der Waals surface area contributed by atoms with Crippen LogP contribution < -0.4 is 0 Å². The van der Waals surface area contributed by atoms with Crippen molar-refractivity contribution >= 4 is 10.8 Å². The highest BCUT2D eigenvalue weighted by Crippen LogP contribution is 2.12. The van der Waals surface area contributed by atoms with Gasteiger partial charge in [-0.05, 0) is 6.42 Å². The van der Waals surface area contributed by atoms with Crippen LogP contribution in [-0.4, -0.2) is 16.2 Å². The van der Waals surface area contributed by atoms with Gasteiger partial charge in [-0.25, -0.2) is 0 Å². The first-order valence-corrected chi connectivity index (χ1v) is 9.80. The van der Waals surface area contributed by atoms with Crippen molar-refractivity contribution in [3.8, 4) is 0 Å². The van der Waals surface area contributed by atoms with E-state index in [1.807, 2.05) is 0 Å². The summed E-state index contributed by atoms with van der Waals surface area (Å²) in [6, 6.07) is 0. The van der Waals surface area contributed by atoms with Crippen LogP contribution in [0.15, 0.2) is 0 Å². The molecular formula is C16H34OS. The van der Waals surface area contributed by atoms with Gasteiger partial charge in [-0.3, -0.25) is 4.21 Å². The molecule has 0 aliphatic heterocycles. The SMILES string of the molecule is CCCCCCCCCCCCCCCS(C)=O. The predicted octanol–water partition coefficient (Wildman–Crippen LogP) is 5.46. The third kappa shape index (κ3) is 16.1. The maximum atomic E-state index is 10.9. The van der Waals surface area contributed by atoms with Crippen LogP contribution >= 0.6 is 0 Å². The van der Waals surface area contributed by atoms with Gasteiger partial charge in [-0.1, -0.05) is 84.0 Å². The lowest BCUT2D eigenvalue weighted by atomic mass is 10.1. The molecule has 0 aromatic rings. The van der Waals surface area contributed by atoms with Crippen molar-refractivity contribution in [2.45, 2.75) is 90.4 Å². The fourth-order valence-corrected chi connectivity index (χ4v) is 2.93. The van der Waals surface area contributed by atoms with Crippen molar-refractivity contribution < 1.29 is 4.21 Å². The molecule has 0 saturated carbocycles. The summed E-state index contributed by atoms with van der Waals surface area (Å²) in [7, 11) is -0.581. The third-order valence-corrected chi connectivity index (χ3v) is 4.40. The molecular weight excluding hydrogens is 240 g/mol. The minimum absolute atomic E-state index is 0.581. The van der Waals surface area contributed by atoms with Crippen LogP contribution in [0.4, 0.5) is 0 Å². The van der Waals surface area contributed by atoms with Crippen molar-refractivity contribution in [3.05, 3.63) is 0 Å². The highest BCUT2D eigenvalue weighted by molar-refractivity contribution is 7.84. The summed E-state index contributed by atoms with van der Waals surface area (Å²) in [6.07, 6.45) is 19.8. The van der Waals surface area contributed by atoms with Gasteiger partial charge >= 0.3 is 0 Å². The average molecular weight is 275 g/mol. The second-order valence-corrected chi connectivity index (χ2v) is 7.07. The first-order valence-electron chi connectivity index (χ1n) is 8.07. The Bertz CT molecular complexity index is 180. The molecule has 0 amide bonds. The smallest absolute Gasteiger partial charge is 0.0232 e. The minimum Gasteiger partial charge on any atom is -0.260 e. The van der Waals surface area contributed by atoms with Crippen molar-refractivity contribution in [1.29, 1.82) is 0 Å². The molecule has 1 nitrogen and oxygen atoms in total. The van der Waals surface area contributed by atoms with Gasteiger partial charge in [0.15, 0.2) is 0 Å². The van der Waals surface area contributed by atoms with E-state index >= 15 is 0 Å². The van der Waals surface area contributed by atoms with Gasteiger partial charge in [0, 0.05) is 22.8 Å². The Balaban J connectivity index is 2.92. The summed E-state index contributed by atoms with van der Waals surface area (Å²) in [5.41, 5.74) is 0. The number of hydrogen-bond donors (Lipinski definition) is 0. The molecule has 2 heteroatoms. The van der Waals surface area contributed by atoms with Crippen molar-refractivity contribution in [2.24, 2.45) is 0 Å². The zero-order valence-corrected chi connectivity index (χ0v) is 13.5. The molecule has 0 spiro atoms. The van der Waals surface area contributed by atoms with Crippen molar-refractivity contribution in [2.75, 3.05) is 12.0 Å². The Morgan fingerprint density at radius 3 is 1.28 bits per heavy atom. The van der Waals surface area contributed by atoms with Crippen molar-refractivity contribution in [3.63, 3.8) is 0 Å². The van der Waals surface area contributed by atoms with Crippen LogP contribution in [0.3, 0.4) is 0 Å². The molecule has 0 aromatic heterocycles. The van der Waals surface area contributed by atoms with E-state index in [1.165, 1.54) is 77.0 Å². The monoisotopic (exact) mass is 274 g/mol. The van der Waals surface area contributed by atoms with Crippen LogP contribution in [0.25, 0.3) is 0 Å². The maximum Gasteiger partial charge on any atom is 0.0232 e. The third-order valence-electron chi connectivity index (χ3n) is 3.54. The molecule has 0 aromatic carbocycles. The van der Waals surface area contributed by atoms with Gasteiger partial charge < -0.3 is 0 Å². The molecule has 110 valence electrons. The zero-order valence-electron chi connectivity index (χ0n) is 12.7. The lowest BCUT2D eigenvalue weighted by molar-refractivity contribution is 0.542. The highest BCUT2D eigenvalue weighted by atomic mass is 32.2. The van der Waals surface area contributed by atoms with E-state index in [4.69, 9.17) is 0 Å². The van der Waals surface area contributed by atoms with Gasteiger partial charge in [-0.15, -0.1) is 0 Å². The van der Waals surface area contributed by atoms with Crippen LogP contribution in [0, 0.1) is 0 Å². The van der Waals surface area contributed by atoms with E-state index in [0.29, 0.717) is 0 Å². The summed E-state index contributed by atoms with van der Waals surface area (Å²) in [5.74, 6) is 0.901. The summed E-state index contributed by atoms with van der Waals surface area (Å²) in [4.78, 5) is 0. The van der Waals surface area contributed by atoms with E-state index in [-0.39, 0.29) is 0 Å². The maximum absolute atomic E-state index is 10.9. The Kier molecular flexibility index (Phi) is 15.3. The highest BCUT2D eigenvalue weighted by Gasteiger charge is 1.94. The van der Waals surface area contributed by atoms with Crippen LogP contribution in [0.2, 0.25) is 0 Å². The van der Waals surface area contributed by atoms with E-state index in [2.05, 4.69) is 6.92 Å². The van der Waals surface area contributed by atoms with E-state index < -0.39 is 10.8 Å². The second-order valence-electron chi connectivity index (χ2n) is 5.52. The lowest BCUT2D eigenvalue weighted by Gasteiger charge is -2.02. The normalized spacial score (nSPS) is 12.8. The molecule has 0 fully saturated rings. The Morgan fingerprint density at radius 2 is 0.944 bits per heavy atom. The van der Waals surface area contributed by atoms with E-state index in [0.717, 1.165) is 12.2 Å². The molecule has 0 bridgehead atoms. The first kappa shape index (κ1) is 18.1. The minimum atomic E-state index is -0.581. The zero-order chi connectivity index (χ0) is 13.5. The second kappa shape index (κ2) is 15.2. The molecule has 0 heterocycles. The Morgan fingerprint density at radius 1 is 0.611 bits per heavy atom. The van der Waals surface area contributed by atoms with Gasteiger partial charge in [-0.2, -0.15) is 0 Å². The molecule has 0 aliphatic rings. The quantitative estimate of drug-likeness (QED) is 0.385. The van der Waals surface area contributed by atoms with Gasteiger partial charge in [0.25, 0.3) is 0 Å². The first-order chi connectivity index (χ1) is 8.77. The standard InChI is InChI=1S/C16H34OS/c1-3-4-5-6-7-8-9-10-11-12-13-14-15-16-18(2)17/h3-16H2,1-2H3. The summed E-state index contributed by atoms with van der Waals surface area (Å²) >= 11 is 0. The number of hydrogen-bond acceptors (Lipinski definition) is 1. The van der Waals surface area contributed by atoms with Crippen molar-refractivity contribution in [1.82, 2.24) is 0 Å². The van der Waals surface area contributed by atoms with E-state index in [9.17, 15) is 4.21 Å². The molecule has 0 radical (unpaired) electrons. The van der Waals surface area contributed by atoms with Crippen LogP contribution in [-0.2, 0) is 10.8 Å². The molecule has 1 atom stereocenters. The molecule has 18 heavy (non-hydrogen) atoms. The molecule has 0 rings (SSSR count). The molecule has 0 N–H and O–H groups in total. The fourth-order valence-electron chi connectivity index (χ4n) is 2.32. The summed E-state index contributed by atoms with van der Waals surface area (Å²) < 4.78 is 10.9. The molecule has 0 aliphatic carbocycles. The topological polar surface area (TPSA) is 17.1 Å². The van der Waals surface area contributed by atoms with Gasteiger partial charge in [0.05, 0.1) is 0 Å². The fraction of sp³-hybridized carbons (Fsp3) is 1.00. The largest absolute Gasteiger partial charge is 0.260 e. The summed E-state index contributed by atoms with van der Waals surface area (Å²) in [6.45, 7) is 2.28. The number of rotatable bonds is 14. The summed E-state index contributed by atoms with van der Waals surface area (Å²) in [5, 5.41) is 0. The lowest BCUT2D eigenvalue weighted by Crippen LogP contribution is -1.93. The van der Waals surface area contributed by atoms with Gasteiger partial charge in [0.2, 0.25) is 0 Å². The van der Waals surface area contributed by atoms with E-state index in [1.54, 1.807) is 6.26 Å². The van der Waals surface area contributed by atoms with Crippen LogP contribution in [0.1, 0.15) is 90.4 Å². The van der Waals surface area contributed by atoms with Gasteiger partial charge in [0.1, 0.15) is 0 Å². The Labute approximate surface area is 118 Å².